The summed E-state index contributed by atoms with van der Waals surface area (Å²) < 4.78 is 5.33. The van der Waals surface area contributed by atoms with Gasteiger partial charge in [-0.2, -0.15) is 0 Å². The van der Waals surface area contributed by atoms with Crippen molar-refractivity contribution in [3.63, 3.8) is 0 Å². The molecule has 88 valence electrons. The summed E-state index contributed by atoms with van der Waals surface area (Å²) in [6, 6.07) is 0. The normalized spacial score (nSPS) is 20.4. The lowest BCUT2D eigenvalue weighted by atomic mass is 10.3. The number of nitrogens with one attached hydrogen (secondary N) is 1. The molecule has 0 aromatic carbocycles. The minimum atomic E-state index is 0.332. The van der Waals surface area contributed by atoms with E-state index in [4.69, 9.17) is 4.74 Å². The van der Waals surface area contributed by atoms with Crippen LogP contribution in [0, 0.1) is 0 Å². The van der Waals surface area contributed by atoms with Crippen LogP contribution in [0.1, 0.15) is 12.1 Å². The number of ether oxygens (including phenoxy) is 1. The maximum absolute atomic E-state index is 5.33. The summed E-state index contributed by atoms with van der Waals surface area (Å²) in [5, 5.41) is 3.05. The zero-order valence-corrected chi connectivity index (χ0v) is 9.81. The second-order valence-electron chi connectivity index (χ2n) is 3.99. The Hall–Kier alpha value is -1.20. The Morgan fingerprint density at radius 3 is 2.94 bits per heavy atom. The van der Waals surface area contributed by atoms with Crippen molar-refractivity contribution in [2.24, 2.45) is 0 Å². The summed E-state index contributed by atoms with van der Waals surface area (Å²) in [5.74, 6) is 0.944. The Kier molecular flexibility index (Phi) is 3.69. The minimum Gasteiger partial charge on any atom is -0.380 e. The van der Waals surface area contributed by atoms with E-state index in [0.717, 1.165) is 37.6 Å². The monoisotopic (exact) mass is 222 g/mol. The summed E-state index contributed by atoms with van der Waals surface area (Å²) in [4.78, 5) is 11.0. The number of hydrogen-bond donors (Lipinski definition) is 1. The number of aromatic nitrogens is 2. The van der Waals surface area contributed by atoms with E-state index in [1.165, 1.54) is 0 Å². The van der Waals surface area contributed by atoms with Gasteiger partial charge in [0.15, 0.2) is 0 Å². The summed E-state index contributed by atoms with van der Waals surface area (Å²) in [6.45, 7) is 2.67. The molecule has 0 amide bonds. The van der Waals surface area contributed by atoms with Crippen LogP contribution in [-0.2, 0) is 11.3 Å². The van der Waals surface area contributed by atoms with Crippen molar-refractivity contribution in [3.8, 4) is 0 Å². The first-order chi connectivity index (χ1) is 7.83. The molecule has 0 bridgehead atoms. The van der Waals surface area contributed by atoms with Gasteiger partial charge in [-0.1, -0.05) is 0 Å². The summed E-state index contributed by atoms with van der Waals surface area (Å²) in [7, 11) is 3.66. The molecule has 1 atom stereocenters. The third kappa shape index (κ3) is 2.48. The van der Waals surface area contributed by atoms with E-state index < -0.39 is 0 Å². The van der Waals surface area contributed by atoms with Crippen LogP contribution in [0.3, 0.4) is 0 Å². The van der Waals surface area contributed by atoms with Crippen LogP contribution >= 0.6 is 0 Å². The molecule has 1 aliphatic heterocycles. The number of nitrogens with zero attached hydrogens (tertiary/aromatic N) is 3. The molecule has 1 N–H and O–H groups in total. The van der Waals surface area contributed by atoms with Gasteiger partial charge in [0.2, 0.25) is 0 Å². The molecule has 0 spiro atoms. The average molecular weight is 222 g/mol. The number of anilines is 1. The molecule has 0 aliphatic carbocycles. The summed E-state index contributed by atoms with van der Waals surface area (Å²) >= 11 is 0. The Labute approximate surface area is 95.8 Å². The fraction of sp³-hybridized carbons (Fsp3) is 0.636. The second kappa shape index (κ2) is 5.23. The molecule has 0 saturated carbocycles. The van der Waals surface area contributed by atoms with Crippen molar-refractivity contribution in [2.45, 2.75) is 19.1 Å². The van der Waals surface area contributed by atoms with Gasteiger partial charge in [-0.25, -0.2) is 4.98 Å². The van der Waals surface area contributed by atoms with Crippen LogP contribution in [0.25, 0.3) is 0 Å². The van der Waals surface area contributed by atoms with Gasteiger partial charge in [0.1, 0.15) is 5.82 Å². The first-order valence-corrected chi connectivity index (χ1v) is 5.56. The molecule has 16 heavy (non-hydrogen) atoms. The Morgan fingerprint density at radius 2 is 2.38 bits per heavy atom. The van der Waals surface area contributed by atoms with Crippen LogP contribution in [0.2, 0.25) is 0 Å². The van der Waals surface area contributed by atoms with Crippen molar-refractivity contribution in [3.05, 3.63) is 18.1 Å². The van der Waals surface area contributed by atoms with E-state index in [9.17, 15) is 0 Å². The van der Waals surface area contributed by atoms with Gasteiger partial charge in [-0.15, -0.1) is 0 Å². The third-order valence-electron chi connectivity index (χ3n) is 2.85. The molecule has 1 unspecified atom stereocenters. The highest BCUT2D eigenvalue weighted by molar-refractivity contribution is 5.37. The van der Waals surface area contributed by atoms with Crippen LogP contribution in [0.5, 0.6) is 0 Å². The number of methoxy groups -OCH3 is 1. The van der Waals surface area contributed by atoms with E-state index in [0.29, 0.717) is 6.10 Å². The molecular weight excluding hydrogens is 204 g/mol. The largest absolute Gasteiger partial charge is 0.380 e. The Bertz CT molecular complexity index is 327. The summed E-state index contributed by atoms with van der Waals surface area (Å²) in [6.07, 6.45) is 5.06. The lowest BCUT2D eigenvalue weighted by Crippen LogP contribution is -2.23. The molecule has 5 heteroatoms. The average Bonchev–Trinajstić information content (AvgIpc) is 2.79. The van der Waals surface area contributed by atoms with Gasteiger partial charge in [0.25, 0.3) is 0 Å². The maximum atomic E-state index is 5.33. The van der Waals surface area contributed by atoms with Crippen molar-refractivity contribution in [2.75, 3.05) is 32.1 Å². The molecule has 1 saturated heterocycles. The molecule has 2 rings (SSSR count). The van der Waals surface area contributed by atoms with Gasteiger partial charge in [0, 0.05) is 26.7 Å². The molecule has 5 nitrogen and oxygen atoms in total. The van der Waals surface area contributed by atoms with Crippen molar-refractivity contribution in [1.29, 1.82) is 0 Å². The van der Waals surface area contributed by atoms with Gasteiger partial charge in [0.05, 0.1) is 24.2 Å². The van der Waals surface area contributed by atoms with Gasteiger partial charge < -0.3 is 15.0 Å². The zero-order chi connectivity index (χ0) is 11.4. The van der Waals surface area contributed by atoms with E-state index >= 15 is 0 Å². The number of rotatable bonds is 4. The van der Waals surface area contributed by atoms with E-state index in [-0.39, 0.29) is 0 Å². The van der Waals surface area contributed by atoms with Crippen molar-refractivity contribution >= 4 is 5.82 Å². The van der Waals surface area contributed by atoms with Crippen molar-refractivity contribution in [1.82, 2.24) is 15.3 Å². The fourth-order valence-electron chi connectivity index (χ4n) is 1.91. The standard InChI is InChI=1S/C11H18N4O/c1-12-5-9-6-14-11(7-13-9)15-4-3-10(8-15)16-2/h6-7,10,12H,3-5,8H2,1-2H3. The lowest BCUT2D eigenvalue weighted by Gasteiger charge is -2.16. The van der Waals surface area contributed by atoms with Gasteiger partial charge in [-0.3, -0.25) is 4.98 Å². The second-order valence-corrected chi connectivity index (χ2v) is 3.99. The lowest BCUT2D eigenvalue weighted by molar-refractivity contribution is 0.121. The van der Waals surface area contributed by atoms with Crippen LogP contribution in [-0.4, -0.2) is 43.3 Å². The highest BCUT2D eigenvalue weighted by Crippen LogP contribution is 2.18. The van der Waals surface area contributed by atoms with E-state index in [2.05, 4.69) is 20.2 Å². The first-order valence-electron chi connectivity index (χ1n) is 5.56. The van der Waals surface area contributed by atoms with Gasteiger partial charge in [-0.05, 0) is 13.5 Å². The highest BCUT2D eigenvalue weighted by atomic mass is 16.5. The Morgan fingerprint density at radius 1 is 1.50 bits per heavy atom. The molecule has 2 heterocycles. The minimum absolute atomic E-state index is 0.332. The molecule has 1 aromatic heterocycles. The fourth-order valence-corrected chi connectivity index (χ4v) is 1.91. The SMILES string of the molecule is CNCc1cnc(N2CCC(OC)C2)cn1. The third-order valence-corrected chi connectivity index (χ3v) is 2.85. The first kappa shape index (κ1) is 11.3. The van der Waals surface area contributed by atoms with Gasteiger partial charge >= 0.3 is 0 Å². The molecule has 1 aromatic rings. The quantitative estimate of drug-likeness (QED) is 0.800. The zero-order valence-electron chi connectivity index (χ0n) is 9.81. The number of hydrogen-bond acceptors (Lipinski definition) is 5. The topological polar surface area (TPSA) is 50.3 Å². The van der Waals surface area contributed by atoms with Crippen LogP contribution in [0.15, 0.2) is 12.4 Å². The smallest absolute Gasteiger partial charge is 0.147 e. The highest BCUT2D eigenvalue weighted by Gasteiger charge is 2.22. The van der Waals surface area contributed by atoms with Crippen LogP contribution < -0.4 is 10.2 Å². The summed E-state index contributed by atoms with van der Waals surface area (Å²) in [5.41, 5.74) is 0.966. The molecule has 1 fully saturated rings. The molecular formula is C11H18N4O. The molecule has 1 aliphatic rings. The predicted octanol–water partition coefficient (Wildman–Crippen LogP) is 0.421. The maximum Gasteiger partial charge on any atom is 0.147 e. The van der Waals surface area contributed by atoms with Crippen LogP contribution in [0.4, 0.5) is 5.82 Å². The molecule has 0 radical (unpaired) electrons. The predicted molar refractivity (Wildman–Crippen MR) is 62.4 cm³/mol. The van der Waals surface area contributed by atoms with E-state index in [1.54, 1.807) is 7.11 Å². The van der Waals surface area contributed by atoms with E-state index in [1.807, 2.05) is 19.4 Å². The van der Waals surface area contributed by atoms with Crippen molar-refractivity contribution < 1.29 is 4.74 Å². The Balaban J connectivity index is 1.99.